The summed E-state index contributed by atoms with van der Waals surface area (Å²) in [6.07, 6.45) is 6.98. The Morgan fingerprint density at radius 3 is 2.94 bits per heavy atom. The SMILES string of the molecule is CSc1nccc(/C=N\Nc2ccccn2)n1. The number of hydrogen-bond acceptors (Lipinski definition) is 6. The van der Waals surface area contributed by atoms with E-state index < -0.39 is 0 Å². The number of rotatable bonds is 4. The molecule has 1 N–H and O–H groups in total. The Kier molecular flexibility index (Phi) is 4.04. The quantitative estimate of drug-likeness (QED) is 0.386. The van der Waals surface area contributed by atoms with Crippen LogP contribution in [0.15, 0.2) is 46.9 Å². The third kappa shape index (κ3) is 3.53. The Labute approximate surface area is 103 Å². The second kappa shape index (κ2) is 5.95. The fraction of sp³-hybridized carbons (Fsp3) is 0.0909. The van der Waals surface area contributed by atoms with Crippen LogP contribution in [0.2, 0.25) is 0 Å². The number of nitrogens with one attached hydrogen (secondary N) is 1. The zero-order valence-corrected chi connectivity index (χ0v) is 10.1. The molecule has 86 valence electrons. The molecule has 0 unspecified atom stereocenters. The van der Waals surface area contributed by atoms with E-state index in [1.54, 1.807) is 24.7 Å². The Bertz CT molecular complexity index is 500. The van der Waals surface area contributed by atoms with Gasteiger partial charge in [0, 0.05) is 12.4 Å². The number of pyridine rings is 1. The predicted molar refractivity (Wildman–Crippen MR) is 69.3 cm³/mol. The van der Waals surface area contributed by atoms with Gasteiger partial charge < -0.3 is 0 Å². The number of thioether (sulfide) groups is 1. The van der Waals surface area contributed by atoms with Crippen LogP contribution >= 0.6 is 11.8 Å². The summed E-state index contributed by atoms with van der Waals surface area (Å²) in [5.41, 5.74) is 3.58. The van der Waals surface area contributed by atoms with Gasteiger partial charge in [0.15, 0.2) is 5.16 Å². The first-order valence-electron chi connectivity index (χ1n) is 4.95. The summed E-state index contributed by atoms with van der Waals surface area (Å²) in [4.78, 5) is 12.4. The maximum absolute atomic E-state index is 4.26. The van der Waals surface area contributed by atoms with Crippen LogP contribution < -0.4 is 5.43 Å². The molecule has 17 heavy (non-hydrogen) atoms. The molecule has 0 aliphatic heterocycles. The number of anilines is 1. The van der Waals surface area contributed by atoms with E-state index in [-0.39, 0.29) is 0 Å². The lowest BCUT2D eigenvalue weighted by Crippen LogP contribution is -1.95. The van der Waals surface area contributed by atoms with Gasteiger partial charge in [-0.05, 0) is 24.5 Å². The van der Waals surface area contributed by atoms with Crippen molar-refractivity contribution in [3.05, 3.63) is 42.4 Å². The van der Waals surface area contributed by atoms with Gasteiger partial charge in [0.1, 0.15) is 5.82 Å². The van der Waals surface area contributed by atoms with Gasteiger partial charge in [0.25, 0.3) is 0 Å². The van der Waals surface area contributed by atoms with E-state index in [9.17, 15) is 0 Å². The molecular weight excluding hydrogens is 234 g/mol. The highest BCUT2D eigenvalue weighted by Crippen LogP contribution is 2.06. The Morgan fingerprint density at radius 1 is 1.24 bits per heavy atom. The zero-order chi connectivity index (χ0) is 11.9. The smallest absolute Gasteiger partial charge is 0.187 e. The van der Waals surface area contributed by atoms with E-state index in [0.29, 0.717) is 5.82 Å². The van der Waals surface area contributed by atoms with Crippen molar-refractivity contribution in [2.75, 3.05) is 11.7 Å². The normalized spacial score (nSPS) is 10.6. The molecule has 0 aliphatic carbocycles. The molecule has 0 bridgehead atoms. The van der Waals surface area contributed by atoms with Crippen LogP contribution in [0, 0.1) is 0 Å². The zero-order valence-electron chi connectivity index (χ0n) is 9.24. The van der Waals surface area contributed by atoms with E-state index in [1.807, 2.05) is 24.5 Å². The predicted octanol–water partition coefficient (Wildman–Crippen LogP) is 2.04. The van der Waals surface area contributed by atoms with Crippen molar-refractivity contribution < 1.29 is 0 Å². The molecule has 2 heterocycles. The number of hydrazone groups is 1. The monoisotopic (exact) mass is 245 g/mol. The Hall–Kier alpha value is -1.95. The van der Waals surface area contributed by atoms with Gasteiger partial charge in [-0.25, -0.2) is 15.0 Å². The minimum absolute atomic E-state index is 0.697. The highest BCUT2D eigenvalue weighted by atomic mass is 32.2. The van der Waals surface area contributed by atoms with Crippen LogP contribution in [0.1, 0.15) is 5.69 Å². The molecule has 0 aliphatic rings. The summed E-state index contributed by atoms with van der Waals surface area (Å²) in [6, 6.07) is 7.37. The van der Waals surface area contributed by atoms with Gasteiger partial charge >= 0.3 is 0 Å². The average molecular weight is 245 g/mol. The molecule has 0 amide bonds. The van der Waals surface area contributed by atoms with Crippen molar-refractivity contribution in [3.8, 4) is 0 Å². The summed E-state index contributed by atoms with van der Waals surface area (Å²) < 4.78 is 0. The van der Waals surface area contributed by atoms with Crippen LogP contribution in [0.4, 0.5) is 5.82 Å². The van der Waals surface area contributed by atoms with Crippen molar-refractivity contribution in [2.24, 2.45) is 5.10 Å². The fourth-order valence-electron chi connectivity index (χ4n) is 1.12. The first-order chi connectivity index (χ1) is 8.38. The molecule has 2 rings (SSSR count). The second-order valence-electron chi connectivity index (χ2n) is 3.05. The van der Waals surface area contributed by atoms with E-state index in [4.69, 9.17) is 0 Å². The summed E-state index contributed by atoms with van der Waals surface area (Å²) >= 11 is 1.50. The van der Waals surface area contributed by atoms with Crippen molar-refractivity contribution in [3.63, 3.8) is 0 Å². The summed E-state index contributed by atoms with van der Waals surface area (Å²) in [5, 5.41) is 4.78. The maximum atomic E-state index is 4.26. The number of nitrogens with zero attached hydrogens (tertiary/aromatic N) is 4. The highest BCUT2D eigenvalue weighted by Gasteiger charge is 1.94. The van der Waals surface area contributed by atoms with Gasteiger partial charge in [0.05, 0.1) is 11.9 Å². The van der Waals surface area contributed by atoms with Crippen molar-refractivity contribution >= 4 is 23.8 Å². The molecule has 0 saturated carbocycles. The largest absolute Gasteiger partial charge is 0.261 e. The molecule has 0 saturated heterocycles. The first kappa shape index (κ1) is 11.5. The minimum atomic E-state index is 0.697. The molecule has 0 spiro atoms. The molecule has 6 heteroatoms. The lowest BCUT2D eigenvalue weighted by atomic mass is 10.4. The number of hydrogen-bond donors (Lipinski definition) is 1. The third-order valence-corrected chi connectivity index (χ3v) is 2.44. The van der Waals surface area contributed by atoms with Gasteiger partial charge in [-0.3, -0.25) is 5.43 Å². The van der Waals surface area contributed by atoms with Gasteiger partial charge in [0.2, 0.25) is 0 Å². The van der Waals surface area contributed by atoms with Gasteiger partial charge in [-0.1, -0.05) is 17.8 Å². The molecule has 2 aromatic heterocycles. The van der Waals surface area contributed by atoms with Crippen LogP contribution in [-0.4, -0.2) is 27.4 Å². The lowest BCUT2D eigenvalue weighted by molar-refractivity contribution is 0.963. The third-order valence-electron chi connectivity index (χ3n) is 1.88. The van der Waals surface area contributed by atoms with Crippen LogP contribution in [0.5, 0.6) is 0 Å². The number of aromatic nitrogens is 3. The van der Waals surface area contributed by atoms with E-state index in [0.717, 1.165) is 10.9 Å². The molecule has 0 atom stereocenters. The Morgan fingerprint density at radius 2 is 2.18 bits per heavy atom. The van der Waals surface area contributed by atoms with Gasteiger partial charge in [-0.15, -0.1) is 0 Å². The average Bonchev–Trinajstić information content (AvgIpc) is 2.40. The highest BCUT2D eigenvalue weighted by molar-refractivity contribution is 7.98. The molecule has 2 aromatic rings. The van der Waals surface area contributed by atoms with Crippen LogP contribution in [-0.2, 0) is 0 Å². The molecule has 0 aromatic carbocycles. The molecular formula is C11H11N5S. The van der Waals surface area contributed by atoms with Crippen molar-refractivity contribution in [1.82, 2.24) is 15.0 Å². The standard InChI is InChI=1S/C11H11N5S/c1-17-11-13-7-5-9(15-11)8-14-16-10-4-2-3-6-12-10/h2-8H,1H3,(H,12,16)/b14-8-. The minimum Gasteiger partial charge on any atom is -0.261 e. The van der Waals surface area contributed by atoms with Crippen molar-refractivity contribution in [1.29, 1.82) is 0 Å². The van der Waals surface area contributed by atoms with Gasteiger partial charge in [-0.2, -0.15) is 5.10 Å². The first-order valence-corrected chi connectivity index (χ1v) is 6.18. The van der Waals surface area contributed by atoms with Crippen LogP contribution in [0.3, 0.4) is 0 Å². The maximum Gasteiger partial charge on any atom is 0.187 e. The lowest BCUT2D eigenvalue weighted by Gasteiger charge is -1.98. The van der Waals surface area contributed by atoms with Crippen molar-refractivity contribution in [2.45, 2.75) is 5.16 Å². The summed E-state index contributed by atoms with van der Waals surface area (Å²) in [6.45, 7) is 0. The van der Waals surface area contributed by atoms with E-state index in [1.165, 1.54) is 11.8 Å². The second-order valence-corrected chi connectivity index (χ2v) is 3.83. The molecule has 0 fully saturated rings. The Balaban J connectivity index is 2.00. The molecule has 0 radical (unpaired) electrons. The van der Waals surface area contributed by atoms with E-state index in [2.05, 4.69) is 25.5 Å². The summed E-state index contributed by atoms with van der Waals surface area (Å²) in [5.74, 6) is 0.697. The van der Waals surface area contributed by atoms with Crippen LogP contribution in [0.25, 0.3) is 0 Å². The summed E-state index contributed by atoms with van der Waals surface area (Å²) in [7, 11) is 0. The van der Waals surface area contributed by atoms with E-state index >= 15 is 0 Å². The fourth-order valence-corrected chi connectivity index (χ4v) is 1.48. The molecule has 5 nitrogen and oxygen atoms in total. The topological polar surface area (TPSA) is 63.1 Å².